The van der Waals surface area contributed by atoms with Crippen LogP contribution in [0.5, 0.6) is 0 Å². The molecule has 0 aliphatic rings. The molecule has 0 bridgehead atoms. The van der Waals surface area contributed by atoms with Gasteiger partial charge in [-0.05, 0) is 34.8 Å². The molecule has 0 amide bonds. The van der Waals surface area contributed by atoms with Gasteiger partial charge in [0, 0.05) is 21.7 Å². The Bertz CT molecular complexity index is 436. The van der Waals surface area contributed by atoms with Crippen molar-refractivity contribution in [2.45, 2.75) is 26.2 Å². The fraction of sp³-hybridized carbons (Fsp3) is 0.400. The SMILES string of the molecule is CCCCc1[nH]nc2ncc(Br)cc12. The van der Waals surface area contributed by atoms with Crippen LogP contribution in [0.1, 0.15) is 25.5 Å². The van der Waals surface area contributed by atoms with Crippen molar-refractivity contribution in [3.63, 3.8) is 0 Å². The fourth-order valence-corrected chi connectivity index (χ4v) is 1.80. The predicted octanol–water partition coefficient (Wildman–Crippen LogP) is 3.06. The topological polar surface area (TPSA) is 41.6 Å². The van der Waals surface area contributed by atoms with Crippen LogP contribution in [0.15, 0.2) is 16.7 Å². The first-order valence-electron chi connectivity index (χ1n) is 4.79. The van der Waals surface area contributed by atoms with E-state index in [1.165, 1.54) is 18.5 Å². The summed E-state index contributed by atoms with van der Waals surface area (Å²) < 4.78 is 1.00. The number of pyridine rings is 1. The van der Waals surface area contributed by atoms with Gasteiger partial charge >= 0.3 is 0 Å². The van der Waals surface area contributed by atoms with Gasteiger partial charge < -0.3 is 0 Å². The minimum Gasteiger partial charge on any atom is -0.280 e. The number of nitrogens with one attached hydrogen (secondary N) is 1. The molecule has 0 radical (unpaired) electrons. The molecule has 0 aliphatic heterocycles. The van der Waals surface area contributed by atoms with Crippen molar-refractivity contribution in [2.24, 2.45) is 0 Å². The first-order valence-corrected chi connectivity index (χ1v) is 5.59. The molecule has 74 valence electrons. The van der Waals surface area contributed by atoms with E-state index in [4.69, 9.17) is 0 Å². The Morgan fingerprint density at radius 2 is 2.36 bits per heavy atom. The highest BCUT2D eigenvalue weighted by molar-refractivity contribution is 9.10. The summed E-state index contributed by atoms with van der Waals surface area (Å²) >= 11 is 3.42. The van der Waals surface area contributed by atoms with Gasteiger partial charge in [0.1, 0.15) is 0 Å². The predicted molar refractivity (Wildman–Crippen MR) is 60.2 cm³/mol. The first kappa shape index (κ1) is 9.65. The van der Waals surface area contributed by atoms with E-state index in [-0.39, 0.29) is 0 Å². The van der Waals surface area contributed by atoms with E-state index < -0.39 is 0 Å². The lowest BCUT2D eigenvalue weighted by molar-refractivity contribution is 0.775. The molecule has 2 heterocycles. The molecule has 0 saturated heterocycles. The van der Waals surface area contributed by atoms with Crippen LogP contribution in [0.3, 0.4) is 0 Å². The second-order valence-electron chi connectivity index (χ2n) is 3.33. The van der Waals surface area contributed by atoms with Crippen LogP contribution in [0.2, 0.25) is 0 Å². The average molecular weight is 254 g/mol. The summed E-state index contributed by atoms with van der Waals surface area (Å²) in [6, 6.07) is 2.07. The summed E-state index contributed by atoms with van der Waals surface area (Å²) in [7, 11) is 0. The van der Waals surface area contributed by atoms with Crippen molar-refractivity contribution in [1.82, 2.24) is 15.2 Å². The Labute approximate surface area is 91.1 Å². The Morgan fingerprint density at radius 1 is 1.50 bits per heavy atom. The van der Waals surface area contributed by atoms with Crippen molar-refractivity contribution >= 4 is 27.0 Å². The number of aryl methyl sites for hydroxylation is 1. The molecule has 0 fully saturated rings. The molecule has 0 aromatic carbocycles. The summed E-state index contributed by atoms with van der Waals surface area (Å²) in [6.07, 6.45) is 5.20. The molecule has 0 unspecified atom stereocenters. The third-order valence-corrected chi connectivity index (χ3v) is 2.67. The van der Waals surface area contributed by atoms with E-state index in [0.29, 0.717) is 0 Å². The van der Waals surface area contributed by atoms with Gasteiger partial charge in [0.15, 0.2) is 5.65 Å². The lowest BCUT2D eigenvalue weighted by Crippen LogP contribution is -1.85. The molecule has 2 aromatic rings. The second-order valence-corrected chi connectivity index (χ2v) is 4.25. The number of nitrogens with zero attached hydrogens (tertiary/aromatic N) is 2. The number of rotatable bonds is 3. The molecule has 0 spiro atoms. The lowest BCUT2D eigenvalue weighted by Gasteiger charge is -1.95. The van der Waals surface area contributed by atoms with Crippen LogP contribution in [0.25, 0.3) is 11.0 Å². The molecular formula is C10H12BrN3. The Balaban J connectivity index is 2.40. The van der Waals surface area contributed by atoms with E-state index in [1.54, 1.807) is 6.20 Å². The van der Waals surface area contributed by atoms with Crippen molar-refractivity contribution in [1.29, 1.82) is 0 Å². The van der Waals surface area contributed by atoms with Gasteiger partial charge in [-0.1, -0.05) is 13.3 Å². The Morgan fingerprint density at radius 3 is 3.14 bits per heavy atom. The number of fused-ring (bicyclic) bond motifs is 1. The number of aromatic amines is 1. The first-order chi connectivity index (χ1) is 6.81. The molecule has 2 rings (SSSR count). The second kappa shape index (κ2) is 4.09. The van der Waals surface area contributed by atoms with E-state index in [9.17, 15) is 0 Å². The van der Waals surface area contributed by atoms with Crippen LogP contribution in [-0.2, 0) is 6.42 Å². The third kappa shape index (κ3) is 1.80. The van der Waals surface area contributed by atoms with E-state index in [1.807, 2.05) is 0 Å². The lowest BCUT2D eigenvalue weighted by atomic mass is 10.1. The van der Waals surface area contributed by atoms with E-state index in [0.717, 1.165) is 21.9 Å². The van der Waals surface area contributed by atoms with Crippen LogP contribution < -0.4 is 0 Å². The van der Waals surface area contributed by atoms with Crippen molar-refractivity contribution in [3.05, 3.63) is 22.4 Å². The van der Waals surface area contributed by atoms with Crippen LogP contribution in [0, 0.1) is 0 Å². The summed E-state index contributed by atoms with van der Waals surface area (Å²) in [5.74, 6) is 0. The van der Waals surface area contributed by atoms with Gasteiger partial charge in [0.2, 0.25) is 0 Å². The maximum Gasteiger partial charge on any atom is 0.181 e. The van der Waals surface area contributed by atoms with Gasteiger partial charge in [-0.3, -0.25) is 5.10 Å². The summed E-state index contributed by atoms with van der Waals surface area (Å²) in [4.78, 5) is 4.22. The summed E-state index contributed by atoms with van der Waals surface area (Å²) in [5, 5.41) is 8.33. The van der Waals surface area contributed by atoms with Gasteiger partial charge in [-0.2, -0.15) is 5.10 Å². The number of H-pyrrole nitrogens is 1. The highest BCUT2D eigenvalue weighted by Crippen LogP contribution is 2.19. The zero-order valence-electron chi connectivity index (χ0n) is 8.05. The standard InChI is InChI=1S/C10H12BrN3/c1-2-3-4-9-8-5-7(11)6-12-10(8)14-13-9/h5-6H,2-4H2,1H3,(H,12,13,14). The summed E-state index contributed by atoms with van der Waals surface area (Å²) in [5.41, 5.74) is 2.00. The van der Waals surface area contributed by atoms with E-state index >= 15 is 0 Å². The average Bonchev–Trinajstić information content (AvgIpc) is 2.57. The molecule has 0 aliphatic carbocycles. The number of aromatic nitrogens is 3. The number of halogens is 1. The van der Waals surface area contributed by atoms with Crippen molar-refractivity contribution in [3.8, 4) is 0 Å². The number of hydrogen-bond donors (Lipinski definition) is 1. The molecule has 1 N–H and O–H groups in total. The van der Waals surface area contributed by atoms with Gasteiger partial charge in [-0.25, -0.2) is 4.98 Å². The van der Waals surface area contributed by atoms with Gasteiger partial charge in [-0.15, -0.1) is 0 Å². The van der Waals surface area contributed by atoms with Crippen LogP contribution >= 0.6 is 15.9 Å². The molecular weight excluding hydrogens is 242 g/mol. The molecule has 3 nitrogen and oxygen atoms in total. The highest BCUT2D eigenvalue weighted by atomic mass is 79.9. The zero-order valence-corrected chi connectivity index (χ0v) is 9.63. The number of unbranched alkanes of at least 4 members (excludes halogenated alkanes) is 1. The highest BCUT2D eigenvalue weighted by Gasteiger charge is 2.05. The number of hydrogen-bond acceptors (Lipinski definition) is 2. The molecule has 2 aromatic heterocycles. The minimum atomic E-state index is 0.805. The molecule has 4 heteroatoms. The minimum absolute atomic E-state index is 0.805. The van der Waals surface area contributed by atoms with Crippen LogP contribution in [0.4, 0.5) is 0 Å². The van der Waals surface area contributed by atoms with Crippen molar-refractivity contribution in [2.75, 3.05) is 0 Å². The van der Waals surface area contributed by atoms with Gasteiger partial charge in [0.05, 0.1) is 0 Å². The summed E-state index contributed by atoms with van der Waals surface area (Å²) in [6.45, 7) is 2.19. The Kier molecular flexibility index (Phi) is 2.82. The van der Waals surface area contributed by atoms with E-state index in [2.05, 4.69) is 44.1 Å². The van der Waals surface area contributed by atoms with Gasteiger partial charge in [0.25, 0.3) is 0 Å². The quantitative estimate of drug-likeness (QED) is 0.914. The maximum atomic E-state index is 4.22. The fourth-order valence-electron chi connectivity index (χ4n) is 1.47. The Hall–Kier alpha value is -0.900. The molecule has 0 atom stereocenters. The smallest absolute Gasteiger partial charge is 0.181 e. The maximum absolute atomic E-state index is 4.22. The normalized spacial score (nSPS) is 11.0. The zero-order chi connectivity index (χ0) is 9.97. The van der Waals surface area contributed by atoms with Crippen molar-refractivity contribution < 1.29 is 0 Å². The molecule has 14 heavy (non-hydrogen) atoms. The van der Waals surface area contributed by atoms with Crippen LogP contribution in [-0.4, -0.2) is 15.2 Å². The third-order valence-electron chi connectivity index (χ3n) is 2.24. The largest absolute Gasteiger partial charge is 0.280 e. The molecule has 0 saturated carbocycles. The monoisotopic (exact) mass is 253 g/mol.